The fraction of sp³-hybridized carbons (Fsp3) is 0. The Morgan fingerprint density at radius 3 is 2.56 bits per heavy atom. The lowest BCUT2D eigenvalue weighted by atomic mass is 10.2. The molecular formula is C13H9NO2PS+. The van der Waals surface area contributed by atoms with Crippen molar-refractivity contribution in [3.8, 4) is 10.6 Å². The highest BCUT2D eigenvalue weighted by Crippen LogP contribution is 2.31. The molecule has 0 aliphatic heterocycles. The van der Waals surface area contributed by atoms with Crippen molar-refractivity contribution < 1.29 is 9.46 Å². The average Bonchev–Trinajstić information content (AvgIpc) is 2.82. The predicted octanol–water partition coefficient (Wildman–Crippen LogP) is 3.32. The van der Waals surface area contributed by atoms with Gasteiger partial charge in [0, 0.05) is 0 Å². The highest BCUT2D eigenvalue weighted by atomic mass is 32.1. The first kappa shape index (κ1) is 11.5. The summed E-state index contributed by atoms with van der Waals surface area (Å²) in [5.74, 6) is 0. The van der Waals surface area contributed by atoms with E-state index in [-0.39, 0.29) is 0 Å². The number of nitrogens with zero attached hydrogens (tertiary/aromatic N) is 1. The molecule has 1 heterocycles. The van der Waals surface area contributed by atoms with Gasteiger partial charge in [0.25, 0.3) is 0 Å². The second kappa shape index (κ2) is 4.58. The molecule has 0 fully saturated rings. The fourth-order valence-corrected chi connectivity index (χ4v) is 3.49. The molecule has 1 N–H and O–H groups in total. The van der Waals surface area contributed by atoms with Gasteiger partial charge in [-0.25, -0.2) is 4.98 Å². The van der Waals surface area contributed by atoms with E-state index in [2.05, 4.69) is 4.98 Å². The van der Waals surface area contributed by atoms with Gasteiger partial charge in [0.05, 0.1) is 15.8 Å². The van der Waals surface area contributed by atoms with Gasteiger partial charge in [0.15, 0.2) is 0 Å². The van der Waals surface area contributed by atoms with Crippen molar-refractivity contribution in [3.05, 3.63) is 48.5 Å². The molecule has 3 aromatic rings. The SMILES string of the molecule is O=[P+](O)c1ccccc1-c1nc2ccccc2s1. The van der Waals surface area contributed by atoms with Crippen LogP contribution in [0.5, 0.6) is 0 Å². The van der Waals surface area contributed by atoms with Gasteiger partial charge in [-0.2, -0.15) is 4.89 Å². The Morgan fingerprint density at radius 1 is 1.06 bits per heavy atom. The lowest BCUT2D eigenvalue weighted by Crippen LogP contribution is -2.00. The molecule has 0 radical (unpaired) electrons. The van der Waals surface area contributed by atoms with Crippen LogP contribution in [0, 0.1) is 0 Å². The maximum absolute atomic E-state index is 11.3. The van der Waals surface area contributed by atoms with E-state index in [9.17, 15) is 9.46 Å². The number of thiazole rings is 1. The Bertz CT molecular complexity index is 705. The zero-order chi connectivity index (χ0) is 12.5. The van der Waals surface area contributed by atoms with Crippen LogP contribution < -0.4 is 5.30 Å². The van der Waals surface area contributed by atoms with Gasteiger partial charge in [0.2, 0.25) is 5.30 Å². The third kappa shape index (κ3) is 1.95. The first-order valence-corrected chi connectivity index (χ1v) is 7.40. The van der Waals surface area contributed by atoms with E-state index in [1.54, 1.807) is 12.1 Å². The van der Waals surface area contributed by atoms with Gasteiger partial charge in [-0.15, -0.1) is 11.3 Å². The second-order valence-corrected chi connectivity index (χ2v) is 5.84. The zero-order valence-corrected chi connectivity index (χ0v) is 11.0. The van der Waals surface area contributed by atoms with Crippen LogP contribution in [0.25, 0.3) is 20.8 Å². The van der Waals surface area contributed by atoms with Crippen molar-refractivity contribution >= 4 is 34.9 Å². The smallest absolute Gasteiger partial charge is 0.236 e. The quantitative estimate of drug-likeness (QED) is 0.729. The molecule has 0 saturated carbocycles. The molecule has 0 aliphatic rings. The van der Waals surface area contributed by atoms with E-state index in [0.717, 1.165) is 20.8 Å². The summed E-state index contributed by atoms with van der Waals surface area (Å²) >= 11 is 1.53. The molecule has 0 amide bonds. The van der Waals surface area contributed by atoms with Crippen LogP contribution in [-0.4, -0.2) is 9.88 Å². The predicted molar refractivity (Wildman–Crippen MR) is 74.5 cm³/mol. The molecule has 1 aromatic heterocycles. The molecule has 88 valence electrons. The van der Waals surface area contributed by atoms with Gasteiger partial charge < -0.3 is 0 Å². The minimum atomic E-state index is -2.35. The lowest BCUT2D eigenvalue weighted by molar-refractivity contribution is 0.513. The monoisotopic (exact) mass is 274 g/mol. The van der Waals surface area contributed by atoms with E-state index in [0.29, 0.717) is 5.30 Å². The molecule has 18 heavy (non-hydrogen) atoms. The maximum Gasteiger partial charge on any atom is 0.546 e. The minimum absolute atomic E-state index is 0.437. The average molecular weight is 274 g/mol. The fourth-order valence-electron chi connectivity index (χ4n) is 1.81. The van der Waals surface area contributed by atoms with Crippen LogP contribution in [0.4, 0.5) is 0 Å². The summed E-state index contributed by atoms with van der Waals surface area (Å²) in [5.41, 5.74) is 1.66. The van der Waals surface area contributed by atoms with Crippen LogP contribution >= 0.6 is 19.4 Å². The van der Waals surface area contributed by atoms with Crippen LogP contribution in [0.1, 0.15) is 0 Å². The number of benzene rings is 2. The summed E-state index contributed by atoms with van der Waals surface area (Å²) in [7, 11) is -2.35. The number of hydrogen-bond acceptors (Lipinski definition) is 3. The van der Waals surface area contributed by atoms with Crippen molar-refractivity contribution in [1.82, 2.24) is 4.98 Å². The minimum Gasteiger partial charge on any atom is -0.236 e. The van der Waals surface area contributed by atoms with E-state index >= 15 is 0 Å². The summed E-state index contributed by atoms with van der Waals surface area (Å²) in [6, 6.07) is 14.9. The third-order valence-corrected chi connectivity index (χ3v) is 4.51. The van der Waals surface area contributed by atoms with Crippen LogP contribution in [0.2, 0.25) is 0 Å². The second-order valence-electron chi connectivity index (χ2n) is 3.78. The third-order valence-electron chi connectivity index (χ3n) is 2.63. The van der Waals surface area contributed by atoms with Crippen molar-refractivity contribution in [2.75, 3.05) is 0 Å². The largest absolute Gasteiger partial charge is 0.546 e. The Hall–Kier alpha value is -1.61. The molecule has 5 heteroatoms. The summed E-state index contributed by atoms with van der Waals surface area (Å²) in [6.45, 7) is 0. The summed E-state index contributed by atoms with van der Waals surface area (Å²) in [6.07, 6.45) is 0. The molecule has 0 aliphatic carbocycles. The first-order chi connectivity index (χ1) is 8.75. The van der Waals surface area contributed by atoms with E-state index in [4.69, 9.17) is 0 Å². The number of para-hydroxylation sites is 1. The first-order valence-electron chi connectivity index (χ1n) is 5.37. The van der Waals surface area contributed by atoms with E-state index in [1.165, 1.54) is 11.3 Å². The van der Waals surface area contributed by atoms with Crippen molar-refractivity contribution in [2.45, 2.75) is 0 Å². The molecule has 1 unspecified atom stereocenters. The summed E-state index contributed by atoms with van der Waals surface area (Å²) < 4.78 is 12.4. The number of rotatable bonds is 2. The van der Waals surface area contributed by atoms with Crippen molar-refractivity contribution in [2.24, 2.45) is 0 Å². The van der Waals surface area contributed by atoms with Gasteiger partial charge in [0.1, 0.15) is 5.01 Å². The molecule has 0 bridgehead atoms. The number of fused-ring (bicyclic) bond motifs is 1. The molecular weight excluding hydrogens is 265 g/mol. The van der Waals surface area contributed by atoms with Crippen molar-refractivity contribution in [1.29, 1.82) is 0 Å². The molecule has 0 spiro atoms. The summed E-state index contributed by atoms with van der Waals surface area (Å²) in [4.78, 5) is 13.8. The molecule has 2 aromatic carbocycles. The van der Waals surface area contributed by atoms with Crippen LogP contribution in [0.3, 0.4) is 0 Å². The molecule has 0 saturated heterocycles. The number of aromatic nitrogens is 1. The molecule has 3 nitrogen and oxygen atoms in total. The standard InChI is InChI=1S/C13H8NO2PS/c15-17(16)11-7-3-1-5-9(11)13-14-10-6-2-4-8-12(10)18-13/h1-8H/p+1. The van der Waals surface area contributed by atoms with Gasteiger partial charge in [-0.1, -0.05) is 24.3 Å². The van der Waals surface area contributed by atoms with Crippen LogP contribution in [-0.2, 0) is 4.57 Å². The Kier molecular flexibility index (Phi) is 2.92. The molecule has 3 rings (SSSR count). The normalized spacial score (nSPS) is 11.7. The Balaban J connectivity index is 2.23. The van der Waals surface area contributed by atoms with Gasteiger partial charge in [-0.3, -0.25) is 0 Å². The van der Waals surface area contributed by atoms with E-state index < -0.39 is 8.03 Å². The summed E-state index contributed by atoms with van der Waals surface area (Å²) in [5, 5.41) is 1.22. The van der Waals surface area contributed by atoms with Gasteiger partial charge >= 0.3 is 8.03 Å². The maximum atomic E-state index is 11.3. The van der Waals surface area contributed by atoms with Crippen LogP contribution in [0.15, 0.2) is 48.5 Å². The number of hydrogen-bond donors (Lipinski definition) is 1. The highest BCUT2D eigenvalue weighted by Gasteiger charge is 2.23. The highest BCUT2D eigenvalue weighted by molar-refractivity contribution is 7.47. The lowest BCUT2D eigenvalue weighted by Gasteiger charge is -1.94. The van der Waals surface area contributed by atoms with Crippen molar-refractivity contribution in [3.63, 3.8) is 0 Å². The topological polar surface area (TPSA) is 50.2 Å². The van der Waals surface area contributed by atoms with Gasteiger partial charge in [-0.05, 0) is 28.8 Å². The zero-order valence-electron chi connectivity index (χ0n) is 9.28. The Morgan fingerprint density at radius 2 is 1.78 bits per heavy atom. The Labute approximate surface area is 109 Å². The van der Waals surface area contributed by atoms with E-state index in [1.807, 2.05) is 36.4 Å². The molecule has 1 atom stereocenters.